The van der Waals surface area contributed by atoms with Crippen LogP contribution in [-0.2, 0) is 16.4 Å². The van der Waals surface area contributed by atoms with E-state index in [2.05, 4.69) is 0 Å². The van der Waals surface area contributed by atoms with Gasteiger partial charge in [-0.15, -0.1) is 0 Å². The molecular formula is C41H31Cl3N2O6. The number of carbonyl (C=O) groups is 2. The fraction of sp³-hybridized carbons (Fsp3) is 0.220. The molecule has 0 bridgehead atoms. The summed E-state index contributed by atoms with van der Waals surface area (Å²) in [5.74, 6) is -2.84. The minimum absolute atomic E-state index is 0.0778. The summed E-state index contributed by atoms with van der Waals surface area (Å²) in [7, 11) is 0. The molecule has 4 aromatic carbocycles. The van der Waals surface area contributed by atoms with Gasteiger partial charge in [0.15, 0.2) is 11.5 Å². The SMILES string of the molecule is CC(C)(Oc1c(C2(c3ccc(Cl)cc3)CC2)nc2c(Cl)cccc2c1C(=O)O)c1cccc2c(C(=O)O)c(O)c(C3(c4ccc(Cl)cc4)CC3)nc12. The smallest absolute Gasteiger partial charge is 0.340 e. The van der Waals surface area contributed by atoms with E-state index >= 15 is 0 Å². The van der Waals surface area contributed by atoms with E-state index in [-0.39, 0.29) is 28.0 Å². The number of aromatic hydroxyl groups is 1. The van der Waals surface area contributed by atoms with Crippen molar-refractivity contribution in [3.05, 3.63) is 139 Å². The molecule has 6 aromatic rings. The van der Waals surface area contributed by atoms with E-state index in [0.29, 0.717) is 68.4 Å². The number of ether oxygens (including phenoxy) is 1. The topological polar surface area (TPSA) is 130 Å². The van der Waals surface area contributed by atoms with Gasteiger partial charge in [0.05, 0.1) is 27.4 Å². The molecule has 0 unspecified atom stereocenters. The second-order valence-electron chi connectivity index (χ2n) is 14.1. The van der Waals surface area contributed by atoms with Gasteiger partial charge in [-0.2, -0.15) is 0 Å². The number of hydrogen-bond donors (Lipinski definition) is 3. The van der Waals surface area contributed by atoms with Gasteiger partial charge in [-0.1, -0.05) is 89.4 Å². The Labute approximate surface area is 313 Å². The Morgan fingerprint density at radius 2 is 1.15 bits per heavy atom. The van der Waals surface area contributed by atoms with Crippen LogP contribution in [0.4, 0.5) is 0 Å². The minimum atomic E-state index is -1.31. The van der Waals surface area contributed by atoms with Gasteiger partial charge in [0.1, 0.15) is 16.7 Å². The van der Waals surface area contributed by atoms with Crippen LogP contribution < -0.4 is 4.74 Å². The maximum absolute atomic E-state index is 13.3. The first-order valence-electron chi connectivity index (χ1n) is 16.7. The van der Waals surface area contributed by atoms with Crippen LogP contribution in [0.5, 0.6) is 11.5 Å². The van der Waals surface area contributed by atoms with Crippen LogP contribution >= 0.6 is 34.8 Å². The molecule has 52 heavy (non-hydrogen) atoms. The highest BCUT2D eigenvalue weighted by Crippen LogP contribution is 2.59. The average molecular weight is 754 g/mol. The zero-order valence-corrected chi connectivity index (χ0v) is 30.3. The molecule has 11 heteroatoms. The van der Waals surface area contributed by atoms with E-state index in [1.165, 1.54) is 0 Å². The zero-order chi connectivity index (χ0) is 36.7. The summed E-state index contributed by atoms with van der Waals surface area (Å²) in [6.07, 6.45) is 2.65. The van der Waals surface area contributed by atoms with Crippen molar-refractivity contribution in [2.45, 2.75) is 56.0 Å². The quantitative estimate of drug-likeness (QED) is 0.133. The van der Waals surface area contributed by atoms with E-state index in [9.17, 15) is 24.9 Å². The standard InChI is InChI=1S/C41H31Cl3N2O6/c1-39(2,27-7-3-5-25-29(37(48)49)33(47)35(45-31(25)27)40(17-18-40)21-9-13-23(42)14-10-21)52-34-30(38(50)51)26-6-4-8-28(44)32(26)46-36(34)41(19-20-41)22-11-15-24(43)16-12-22/h3-16,47H,17-20H2,1-2H3,(H,48,49)(H,50,51). The van der Waals surface area contributed by atoms with Gasteiger partial charge < -0.3 is 20.1 Å². The molecule has 0 radical (unpaired) electrons. The zero-order valence-electron chi connectivity index (χ0n) is 28.0. The second kappa shape index (κ2) is 12.1. The van der Waals surface area contributed by atoms with Crippen molar-refractivity contribution in [3.63, 3.8) is 0 Å². The summed E-state index contributed by atoms with van der Waals surface area (Å²) >= 11 is 19.1. The number of aromatic nitrogens is 2. The van der Waals surface area contributed by atoms with Crippen LogP contribution in [0.2, 0.25) is 15.1 Å². The Bertz CT molecular complexity index is 2470. The molecule has 0 amide bonds. The Morgan fingerprint density at radius 3 is 1.67 bits per heavy atom. The number of pyridine rings is 2. The number of fused-ring (bicyclic) bond motifs is 2. The summed E-state index contributed by atoms with van der Waals surface area (Å²) in [5.41, 5.74) is 0.534. The summed E-state index contributed by atoms with van der Waals surface area (Å²) in [4.78, 5) is 36.2. The van der Waals surface area contributed by atoms with E-state index in [1.54, 1.807) is 74.5 Å². The van der Waals surface area contributed by atoms with Crippen molar-refractivity contribution in [2.75, 3.05) is 0 Å². The maximum atomic E-state index is 13.3. The lowest BCUT2D eigenvalue weighted by Gasteiger charge is -2.32. The molecule has 0 atom stereocenters. The lowest BCUT2D eigenvalue weighted by molar-refractivity contribution is 0.0667. The number of benzene rings is 4. The monoisotopic (exact) mass is 752 g/mol. The summed E-state index contributed by atoms with van der Waals surface area (Å²) in [5, 5.41) is 34.8. The van der Waals surface area contributed by atoms with Crippen molar-refractivity contribution in [1.82, 2.24) is 9.97 Å². The molecule has 3 N–H and O–H groups in total. The van der Waals surface area contributed by atoms with Crippen LogP contribution in [0, 0.1) is 0 Å². The highest BCUT2D eigenvalue weighted by molar-refractivity contribution is 6.35. The van der Waals surface area contributed by atoms with Crippen LogP contribution in [0.1, 0.15) is 88.3 Å². The number of rotatable bonds is 9. The first-order chi connectivity index (χ1) is 24.8. The van der Waals surface area contributed by atoms with E-state index in [1.807, 2.05) is 24.3 Å². The fourth-order valence-electron chi connectivity index (χ4n) is 7.60. The first-order valence-corrected chi connectivity index (χ1v) is 17.9. The normalized spacial score (nSPS) is 15.8. The molecule has 2 aliphatic carbocycles. The van der Waals surface area contributed by atoms with Crippen molar-refractivity contribution in [3.8, 4) is 11.5 Å². The third kappa shape index (κ3) is 5.35. The molecule has 8 nitrogen and oxygen atoms in total. The van der Waals surface area contributed by atoms with Gasteiger partial charge in [0.25, 0.3) is 0 Å². The highest BCUT2D eigenvalue weighted by atomic mass is 35.5. The van der Waals surface area contributed by atoms with Crippen LogP contribution in [0.15, 0.2) is 84.9 Å². The number of carboxylic acids is 2. The minimum Gasteiger partial charge on any atom is -0.505 e. The molecule has 0 saturated heterocycles. The molecule has 2 heterocycles. The number of carboxylic acid groups (broad SMARTS) is 2. The van der Waals surface area contributed by atoms with Crippen LogP contribution in [-0.4, -0.2) is 37.2 Å². The molecule has 2 saturated carbocycles. The molecule has 0 spiro atoms. The molecule has 2 aromatic heterocycles. The van der Waals surface area contributed by atoms with Crippen LogP contribution in [0.3, 0.4) is 0 Å². The lowest BCUT2D eigenvalue weighted by atomic mass is 9.87. The van der Waals surface area contributed by atoms with Gasteiger partial charge in [-0.3, -0.25) is 0 Å². The number of hydrogen-bond acceptors (Lipinski definition) is 6. The third-order valence-electron chi connectivity index (χ3n) is 10.5. The first kappa shape index (κ1) is 34.2. The van der Waals surface area contributed by atoms with E-state index in [0.717, 1.165) is 11.1 Å². The van der Waals surface area contributed by atoms with E-state index < -0.39 is 34.1 Å². The van der Waals surface area contributed by atoms with Crippen LogP contribution in [0.25, 0.3) is 21.8 Å². The maximum Gasteiger partial charge on any atom is 0.340 e. The molecule has 2 fully saturated rings. The van der Waals surface area contributed by atoms with Crippen molar-refractivity contribution in [1.29, 1.82) is 0 Å². The molecule has 262 valence electrons. The van der Waals surface area contributed by atoms with Gasteiger partial charge in [-0.25, -0.2) is 19.6 Å². The summed E-state index contributed by atoms with van der Waals surface area (Å²) in [6, 6.07) is 24.7. The second-order valence-corrected chi connectivity index (χ2v) is 15.4. The van der Waals surface area contributed by atoms with Gasteiger partial charge in [0, 0.05) is 37.2 Å². The average Bonchev–Trinajstić information content (AvgIpc) is 4.04. The van der Waals surface area contributed by atoms with Gasteiger partial charge >= 0.3 is 11.9 Å². The number of para-hydroxylation sites is 2. The molecule has 0 aliphatic heterocycles. The number of nitrogens with zero attached hydrogens (tertiary/aromatic N) is 2. The Kier molecular flexibility index (Phi) is 7.95. The summed E-state index contributed by atoms with van der Waals surface area (Å²) < 4.78 is 6.93. The van der Waals surface area contributed by atoms with Crippen molar-refractivity contribution >= 4 is 68.5 Å². The lowest BCUT2D eigenvalue weighted by Crippen LogP contribution is -2.29. The Morgan fingerprint density at radius 1 is 0.673 bits per heavy atom. The van der Waals surface area contributed by atoms with E-state index in [4.69, 9.17) is 49.5 Å². The fourth-order valence-corrected chi connectivity index (χ4v) is 8.07. The van der Waals surface area contributed by atoms with Gasteiger partial charge in [0.2, 0.25) is 0 Å². The number of aromatic carboxylic acids is 2. The highest BCUT2D eigenvalue weighted by Gasteiger charge is 2.52. The molecule has 2 aliphatic rings. The van der Waals surface area contributed by atoms with Crippen molar-refractivity contribution in [2.24, 2.45) is 0 Å². The predicted octanol–water partition coefficient (Wildman–Crippen LogP) is 10.3. The van der Waals surface area contributed by atoms with Gasteiger partial charge in [-0.05, 0) is 81.0 Å². The summed E-state index contributed by atoms with van der Waals surface area (Å²) in [6.45, 7) is 3.56. The third-order valence-corrected chi connectivity index (χ3v) is 11.4. The largest absolute Gasteiger partial charge is 0.505 e. The Balaban J connectivity index is 1.36. The van der Waals surface area contributed by atoms with Crippen molar-refractivity contribution < 1.29 is 29.6 Å². The molecular weight excluding hydrogens is 723 g/mol. The Hall–Kier alpha value is -4.89. The predicted molar refractivity (Wildman–Crippen MR) is 201 cm³/mol. The number of halogens is 3. The molecule has 8 rings (SSSR count).